The van der Waals surface area contributed by atoms with Crippen LogP contribution in [0.25, 0.3) is 0 Å². The van der Waals surface area contributed by atoms with E-state index < -0.39 is 11.9 Å². The van der Waals surface area contributed by atoms with E-state index in [1.165, 1.54) is 0 Å². The molecule has 1 saturated carbocycles. The Bertz CT molecular complexity index is 495. The predicted molar refractivity (Wildman–Crippen MR) is 76.6 cm³/mol. The van der Waals surface area contributed by atoms with Crippen LogP contribution >= 0.6 is 0 Å². The molecule has 1 saturated heterocycles. The number of hydrogen-bond donors (Lipinski definition) is 1. The summed E-state index contributed by atoms with van der Waals surface area (Å²) < 4.78 is 22.8. The van der Waals surface area contributed by atoms with Gasteiger partial charge in [0, 0.05) is 12.8 Å². The minimum Gasteiger partial charge on any atom is -0.493 e. The van der Waals surface area contributed by atoms with Crippen LogP contribution < -0.4 is 9.47 Å². The molecule has 0 bridgehead atoms. The van der Waals surface area contributed by atoms with Crippen molar-refractivity contribution in [1.29, 1.82) is 0 Å². The van der Waals surface area contributed by atoms with Crippen molar-refractivity contribution in [3.8, 4) is 11.5 Å². The van der Waals surface area contributed by atoms with E-state index in [-0.39, 0.29) is 6.10 Å². The number of benzene rings is 1. The van der Waals surface area contributed by atoms with Gasteiger partial charge in [0.05, 0.1) is 26.4 Å². The molecular weight excluding hydrogens is 272 g/mol. The number of ether oxygens (including phenoxy) is 4. The fourth-order valence-corrected chi connectivity index (χ4v) is 3.01. The summed E-state index contributed by atoms with van der Waals surface area (Å²) in [6.45, 7) is 3.21. The van der Waals surface area contributed by atoms with Crippen molar-refractivity contribution < 1.29 is 24.1 Å². The predicted octanol–water partition coefficient (Wildman–Crippen LogP) is 2.04. The van der Waals surface area contributed by atoms with Gasteiger partial charge in [-0.05, 0) is 31.0 Å². The highest BCUT2D eigenvalue weighted by Crippen LogP contribution is 2.39. The molecular formula is C16H22O5. The maximum absolute atomic E-state index is 10.2. The van der Waals surface area contributed by atoms with Crippen LogP contribution in [0.15, 0.2) is 18.2 Å². The largest absolute Gasteiger partial charge is 0.493 e. The number of hydrogen-bond acceptors (Lipinski definition) is 5. The van der Waals surface area contributed by atoms with E-state index in [9.17, 15) is 5.11 Å². The highest BCUT2D eigenvalue weighted by molar-refractivity contribution is 5.42. The summed E-state index contributed by atoms with van der Waals surface area (Å²) in [4.78, 5) is 0. The zero-order chi connectivity index (χ0) is 14.9. The van der Waals surface area contributed by atoms with Gasteiger partial charge in [-0.3, -0.25) is 0 Å². The van der Waals surface area contributed by atoms with Crippen LogP contribution in [0.2, 0.25) is 0 Å². The van der Waals surface area contributed by atoms with Gasteiger partial charge < -0.3 is 24.1 Å². The molecule has 0 aromatic heterocycles. The first-order chi connectivity index (χ1) is 10.1. The summed E-state index contributed by atoms with van der Waals surface area (Å²) in [5, 5.41) is 10.2. The standard InChI is InChI=1S/C16H22O5/c1-11-3-4-13(14(9-11)18-2)21-15-10-16(6-5-12(15)17)19-7-8-20-16/h3-4,9,12,15,17H,5-8,10H2,1-2H3. The van der Waals surface area contributed by atoms with Crippen molar-refractivity contribution in [2.75, 3.05) is 20.3 Å². The maximum atomic E-state index is 10.2. The minimum atomic E-state index is -0.582. The molecule has 1 heterocycles. The molecule has 21 heavy (non-hydrogen) atoms. The van der Waals surface area contributed by atoms with E-state index in [0.29, 0.717) is 44.0 Å². The van der Waals surface area contributed by atoms with E-state index in [1.807, 2.05) is 25.1 Å². The average molecular weight is 294 g/mol. The van der Waals surface area contributed by atoms with Crippen molar-refractivity contribution in [2.45, 2.75) is 44.2 Å². The first-order valence-corrected chi connectivity index (χ1v) is 7.39. The van der Waals surface area contributed by atoms with E-state index in [2.05, 4.69) is 0 Å². The molecule has 1 aromatic rings. The fraction of sp³-hybridized carbons (Fsp3) is 0.625. The number of aryl methyl sites for hydroxylation is 1. The van der Waals surface area contributed by atoms with Gasteiger partial charge in [0.2, 0.25) is 0 Å². The summed E-state index contributed by atoms with van der Waals surface area (Å²) >= 11 is 0. The van der Waals surface area contributed by atoms with Crippen molar-refractivity contribution in [1.82, 2.24) is 0 Å². The van der Waals surface area contributed by atoms with Gasteiger partial charge in [0.15, 0.2) is 17.3 Å². The van der Waals surface area contributed by atoms with Crippen LogP contribution in [-0.2, 0) is 9.47 Å². The number of aliphatic hydroxyl groups excluding tert-OH is 1. The summed E-state index contributed by atoms with van der Waals surface area (Å²) in [6, 6.07) is 5.76. The molecule has 1 aromatic carbocycles. The number of rotatable bonds is 3. The molecule has 2 fully saturated rings. The lowest BCUT2D eigenvalue weighted by Crippen LogP contribution is -2.47. The molecule has 3 rings (SSSR count). The highest BCUT2D eigenvalue weighted by Gasteiger charge is 2.46. The van der Waals surface area contributed by atoms with Crippen LogP contribution in [0.3, 0.4) is 0 Å². The summed E-state index contributed by atoms with van der Waals surface area (Å²) in [5.74, 6) is 0.735. The third-order valence-corrected chi connectivity index (χ3v) is 4.17. The number of methoxy groups -OCH3 is 1. The highest BCUT2D eigenvalue weighted by atomic mass is 16.7. The van der Waals surface area contributed by atoms with E-state index in [4.69, 9.17) is 18.9 Å². The second-order valence-corrected chi connectivity index (χ2v) is 5.73. The molecule has 1 spiro atoms. The molecule has 2 aliphatic rings. The Morgan fingerprint density at radius 3 is 2.71 bits per heavy atom. The summed E-state index contributed by atoms with van der Waals surface area (Å²) in [6.07, 6.45) is 0.978. The first-order valence-electron chi connectivity index (χ1n) is 7.39. The average Bonchev–Trinajstić information content (AvgIpc) is 2.93. The van der Waals surface area contributed by atoms with Crippen molar-refractivity contribution >= 4 is 0 Å². The lowest BCUT2D eigenvalue weighted by molar-refractivity contribution is -0.209. The monoisotopic (exact) mass is 294 g/mol. The molecule has 0 amide bonds. The van der Waals surface area contributed by atoms with Gasteiger partial charge in [-0.15, -0.1) is 0 Å². The van der Waals surface area contributed by atoms with Gasteiger partial charge in [0.25, 0.3) is 0 Å². The topological polar surface area (TPSA) is 57.2 Å². The van der Waals surface area contributed by atoms with E-state index in [0.717, 1.165) is 5.56 Å². The van der Waals surface area contributed by atoms with E-state index in [1.54, 1.807) is 7.11 Å². The maximum Gasteiger partial charge on any atom is 0.172 e. The Hall–Kier alpha value is -1.30. The second kappa shape index (κ2) is 5.83. The van der Waals surface area contributed by atoms with Gasteiger partial charge in [0.1, 0.15) is 6.10 Å². The van der Waals surface area contributed by atoms with Crippen LogP contribution in [0.4, 0.5) is 0 Å². The second-order valence-electron chi connectivity index (χ2n) is 5.73. The molecule has 1 aliphatic carbocycles. The Balaban J connectivity index is 1.76. The zero-order valence-electron chi connectivity index (χ0n) is 12.5. The van der Waals surface area contributed by atoms with Crippen molar-refractivity contribution in [2.24, 2.45) is 0 Å². The SMILES string of the molecule is COc1cc(C)ccc1OC1CC2(CCC1O)OCCO2. The fourth-order valence-electron chi connectivity index (χ4n) is 3.01. The molecule has 1 N–H and O–H groups in total. The van der Waals surface area contributed by atoms with Crippen LogP contribution in [0.5, 0.6) is 11.5 Å². The lowest BCUT2D eigenvalue weighted by Gasteiger charge is -2.39. The van der Waals surface area contributed by atoms with Gasteiger partial charge in [-0.25, -0.2) is 0 Å². The van der Waals surface area contributed by atoms with Crippen LogP contribution in [0.1, 0.15) is 24.8 Å². The Labute approximate surface area is 124 Å². The van der Waals surface area contributed by atoms with Crippen molar-refractivity contribution in [3.63, 3.8) is 0 Å². The molecule has 116 valence electrons. The van der Waals surface area contributed by atoms with E-state index >= 15 is 0 Å². The Morgan fingerprint density at radius 1 is 1.24 bits per heavy atom. The third kappa shape index (κ3) is 3.00. The molecule has 2 atom stereocenters. The van der Waals surface area contributed by atoms with Gasteiger partial charge >= 0.3 is 0 Å². The minimum absolute atomic E-state index is 0.353. The van der Waals surface area contributed by atoms with Crippen LogP contribution in [-0.4, -0.2) is 43.4 Å². The normalized spacial score (nSPS) is 27.8. The Kier molecular flexibility index (Phi) is 4.06. The molecule has 5 nitrogen and oxygen atoms in total. The molecule has 0 radical (unpaired) electrons. The summed E-state index contributed by atoms with van der Waals surface area (Å²) in [7, 11) is 1.61. The lowest BCUT2D eigenvalue weighted by atomic mass is 9.89. The van der Waals surface area contributed by atoms with Gasteiger partial charge in [-0.2, -0.15) is 0 Å². The van der Waals surface area contributed by atoms with Crippen molar-refractivity contribution in [3.05, 3.63) is 23.8 Å². The van der Waals surface area contributed by atoms with Crippen LogP contribution in [0, 0.1) is 6.92 Å². The zero-order valence-corrected chi connectivity index (χ0v) is 12.5. The molecule has 2 unspecified atom stereocenters. The number of aliphatic hydroxyl groups is 1. The summed E-state index contributed by atoms with van der Waals surface area (Å²) in [5.41, 5.74) is 1.10. The quantitative estimate of drug-likeness (QED) is 0.924. The first kappa shape index (κ1) is 14.6. The smallest absolute Gasteiger partial charge is 0.172 e. The molecule has 5 heteroatoms. The third-order valence-electron chi connectivity index (χ3n) is 4.17. The van der Waals surface area contributed by atoms with Gasteiger partial charge in [-0.1, -0.05) is 6.07 Å². The molecule has 1 aliphatic heterocycles. The Morgan fingerprint density at radius 2 is 2.00 bits per heavy atom.